The van der Waals surface area contributed by atoms with Crippen molar-refractivity contribution in [3.8, 4) is 0 Å². The van der Waals surface area contributed by atoms with Gasteiger partial charge in [0, 0.05) is 0 Å². The van der Waals surface area contributed by atoms with Gasteiger partial charge in [0.15, 0.2) is 0 Å². The maximum Gasteiger partial charge on any atom is -0.00879 e. The molecule has 0 saturated carbocycles. The normalized spacial score (nSPS) is 22.0. The lowest BCUT2D eigenvalue weighted by Crippen LogP contribution is -1.99. The molecule has 2 aromatic rings. The first-order valence-electron chi connectivity index (χ1n) is 7.83. The molecule has 0 aromatic heterocycles. The van der Waals surface area contributed by atoms with Gasteiger partial charge in [-0.2, -0.15) is 0 Å². The van der Waals surface area contributed by atoms with E-state index in [-0.39, 0.29) is 0 Å². The molecule has 0 N–H and O–H groups in total. The molecule has 0 bridgehead atoms. The largest absolute Gasteiger partial charge is 0.0801 e. The van der Waals surface area contributed by atoms with Crippen LogP contribution in [0.1, 0.15) is 17.5 Å². The van der Waals surface area contributed by atoms with Gasteiger partial charge in [-0.3, -0.25) is 0 Å². The second-order valence-corrected chi connectivity index (χ2v) is 5.78. The Morgan fingerprint density at radius 1 is 0.682 bits per heavy atom. The number of fused-ring (bicyclic) bond motifs is 4. The van der Waals surface area contributed by atoms with Crippen molar-refractivity contribution in [2.75, 3.05) is 0 Å². The first-order chi connectivity index (χ1) is 10.9. The maximum atomic E-state index is 2.35. The summed E-state index contributed by atoms with van der Waals surface area (Å²) in [6, 6.07) is 13.3. The quantitative estimate of drug-likeness (QED) is 0.574. The van der Waals surface area contributed by atoms with Crippen LogP contribution in [0.25, 0.3) is 16.3 Å². The van der Waals surface area contributed by atoms with Gasteiger partial charge in [-0.1, -0.05) is 78.9 Å². The number of hydrogen-bond donors (Lipinski definition) is 0. The molecule has 0 unspecified atom stereocenters. The van der Waals surface area contributed by atoms with Gasteiger partial charge in [0.05, 0.1) is 0 Å². The third-order valence-electron chi connectivity index (χ3n) is 4.34. The fourth-order valence-corrected chi connectivity index (χ4v) is 3.21. The molecule has 106 valence electrons. The van der Waals surface area contributed by atoms with Gasteiger partial charge in [-0.15, -0.1) is 0 Å². The predicted molar refractivity (Wildman–Crippen MR) is 95.7 cm³/mol. The van der Waals surface area contributed by atoms with Crippen LogP contribution >= 0.6 is 0 Å². The van der Waals surface area contributed by atoms with Crippen molar-refractivity contribution in [3.05, 3.63) is 102 Å². The molecule has 0 heterocycles. The zero-order chi connectivity index (χ0) is 14.8. The van der Waals surface area contributed by atoms with E-state index in [1.165, 1.54) is 33.0 Å². The summed E-state index contributed by atoms with van der Waals surface area (Å²) in [5, 5.41) is 2.63. The average Bonchev–Trinajstić information content (AvgIpc) is 2.58. The van der Waals surface area contributed by atoms with Crippen LogP contribution in [-0.2, 0) is 6.42 Å². The number of rotatable bonds is 0. The Balaban J connectivity index is 1.99. The Bertz CT molecular complexity index is 870. The van der Waals surface area contributed by atoms with Crippen molar-refractivity contribution >= 4 is 16.3 Å². The second-order valence-electron chi connectivity index (χ2n) is 5.78. The summed E-state index contributed by atoms with van der Waals surface area (Å²) in [6.45, 7) is 0. The molecule has 0 amide bonds. The maximum absolute atomic E-state index is 2.35. The highest BCUT2D eigenvalue weighted by Crippen LogP contribution is 2.34. The van der Waals surface area contributed by atoms with Crippen LogP contribution in [0.2, 0.25) is 0 Å². The number of allylic oxidation sites excluding steroid dienone is 10. The molecule has 4 rings (SSSR count). The van der Waals surface area contributed by atoms with E-state index in [0.29, 0.717) is 0 Å². The van der Waals surface area contributed by atoms with E-state index in [2.05, 4.69) is 85.0 Å². The second kappa shape index (κ2) is 5.65. The molecule has 22 heavy (non-hydrogen) atoms. The van der Waals surface area contributed by atoms with Crippen molar-refractivity contribution in [3.63, 3.8) is 0 Å². The average molecular weight is 282 g/mol. The molecule has 0 aliphatic heterocycles. The molecular weight excluding hydrogens is 264 g/mol. The number of benzene rings is 2. The number of hydrogen-bond acceptors (Lipinski definition) is 0. The van der Waals surface area contributed by atoms with Gasteiger partial charge >= 0.3 is 0 Å². The fraction of sp³-hybridized carbons (Fsp3) is 0.0909. The van der Waals surface area contributed by atoms with Crippen LogP contribution in [0.3, 0.4) is 0 Å². The Kier molecular flexibility index (Phi) is 3.36. The van der Waals surface area contributed by atoms with Gasteiger partial charge in [0.2, 0.25) is 0 Å². The van der Waals surface area contributed by atoms with Gasteiger partial charge in [0.1, 0.15) is 0 Å². The summed E-state index contributed by atoms with van der Waals surface area (Å²) in [7, 11) is 0. The molecular formula is C22H18. The first kappa shape index (κ1) is 13.1. The molecule has 2 aliphatic rings. The van der Waals surface area contributed by atoms with E-state index in [0.717, 1.165) is 12.8 Å². The molecule has 0 nitrogen and oxygen atoms in total. The SMILES string of the molecule is C1=CC/C2=C/C=C/C=C\Cc3cc4ccccc4cc3C2=C1. The van der Waals surface area contributed by atoms with Crippen molar-refractivity contribution in [1.29, 1.82) is 0 Å². The van der Waals surface area contributed by atoms with E-state index in [4.69, 9.17) is 0 Å². The molecule has 0 fully saturated rings. The Morgan fingerprint density at radius 3 is 2.41 bits per heavy atom. The minimum absolute atomic E-state index is 0.971. The molecule has 0 heteroatoms. The van der Waals surface area contributed by atoms with E-state index < -0.39 is 0 Å². The third-order valence-corrected chi connectivity index (χ3v) is 4.34. The van der Waals surface area contributed by atoms with Crippen LogP contribution in [0.15, 0.2) is 90.6 Å². The Morgan fingerprint density at radius 2 is 1.50 bits per heavy atom. The lowest BCUT2D eigenvalue weighted by molar-refractivity contribution is 1.22. The minimum atomic E-state index is 0.971. The van der Waals surface area contributed by atoms with Crippen LogP contribution in [0, 0.1) is 0 Å². The van der Waals surface area contributed by atoms with Crippen molar-refractivity contribution in [2.24, 2.45) is 0 Å². The lowest BCUT2D eigenvalue weighted by Gasteiger charge is -2.18. The van der Waals surface area contributed by atoms with E-state index >= 15 is 0 Å². The predicted octanol–water partition coefficient (Wildman–Crippen LogP) is 5.78. The van der Waals surface area contributed by atoms with Crippen LogP contribution < -0.4 is 0 Å². The monoisotopic (exact) mass is 282 g/mol. The van der Waals surface area contributed by atoms with Gasteiger partial charge in [0.25, 0.3) is 0 Å². The smallest absolute Gasteiger partial charge is 0.00879 e. The van der Waals surface area contributed by atoms with Gasteiger partial charge in [-0.25, -0.2) is 0 Å². The molecule has 0 spiro atoms. The molecule has 0 atom stereocenters. The lowest BCUT2D eigenvalue weighted by atomic mass is 9.86. The third kappa shape index (κ3) is 2.37. The van der Waals surface area contributed by atoms with Crippen molar-refractivity contribution in [1.82, 2.24) is 0 Å². The topological polar surface area (TPSA) is 0 Å². The molecule has 2 aromatic carbocycles. The van der Waals surface area contributed by atoms with E-state index in [1.807, 2.05) is 0 Å². The minimum Gasteiger partial charge on any atom is -0.0801 e. The fourth-order valence-electron chi connectivity index (χ4n) is 3.21. The summed E-state index contributed by atoms with van der Waals surface area (Å²) in [5.41, 5.74) is 5.53. The van der Waals surface area contributed by atoms with Crippen molar-refractivity contribution < 1.29 is 0 Å². The summed E-state index contributed by atoms with van der Waals surface area (Å²) in [6.07, 6.45) is 19.5. The standard InChI is InChI=1S/C22H18/c1-2-4-13-20-15-18-11-5-6-12-19(18)16-22(20)21-14-8-7-10-17(21)9-3-1/h1-9,11-12,14-16H,10,13H2/b3-1+,4-2-,17-9-. The van der Waals surface area contributed by atoms with Crippen molar-refractivity contribution in [2.45, 2.75) is 12.8 Å². The molecule has 0 saturated heterocycles. The molecule has 0 radical (unpaired) electrons. The van der Waals surface area contributed by atoms with Crippen LogP contribution in [0.5, 0.6) is 0 Å². The van der Waals surface area contributed by atoms with Crippen LogP contribution in [-0.4, -0.2) is 0 Å². The van der Waals surface area contributed by atoms with Gasteiger partial charge in [-0.05, 0) is 52.0 Å². The van der Waals surface area contributed by atoms with Gasteiger partial charge < -0.3 is 0 Å². The first-order valence-corrected chi connectivity index (χ1v) is 7.83. The highest BCUT2D eigenvalue weighted by atomic mass is 14.2. The molecule has 2 aliphatic carbocycles. The zero-order valence-corrected chi connectivity index (χ0v) is 12.5. The van der Waals surface area contributed by atoms with E-state index in [1.54, 1.807) is 0 Å². The summed E-state index contributed by atoms with van der Waals surface area (Å²) in [5.74, 6) is 0. The summed E-state index contributed by atoms with van der Waals surface area (Å²) >= 11 is 0. The Hall–Kier alpha value is -2.60. The highest BCUT2D eigenvalue weighted by molar-refractivity contribution is 5.92. The zero-order valence-electron chi connectivity index (χ0n) is 12.5. The summed E-state index contributed by atoms with van der Waals surface area (Å²) < 4.78 is 0. The Labute approximate surface area is 131 Å². The van der Waals surface area contributed by atoms with Crippen LogP contribution in [0.4, 0.5) is 0 Å². The highest BCUT2D eigenvalue weighted by Gasteiger charge is 2.14. The van der Waals surface area contributed by atoms with E-state index in [9.17, 15) is 0 Å². The summed E-state index contributed by atoms with van der Waals surface area (Å²) in [4.78, 5) is 0.